The predicted molar refractivity (Wildman–Crippen MR) is 108 cm³/mol. The van der Waals surface area contributed by atoms with E-state index in [9.17, 15) is 8.78 Å². The zero-order valence-corrected chi connectivity index (χ0v) is 16.2. The van der Waals surface area contributed by atoms with Crippen molar-refractivity contribution in [2.24, 2.45) is 5.92 Å². The smallest absolute Gasteiger partial charge is 0.165 e. The summed E-state index contributed by atoms with van der Waals surface area (Å²) in [6.07, 6.45) is 8.56. The van der Waals surface area contributed by atoms with E-state index in [4.69, 9.17) is 4.74 Å². The summed E-state index contributed by atoms with van der Waals surface area (Å²) < 4.78 is 34.3. The molecular weight excluding hydrogens is 342 g/mol. The fraction of sp³-hybridized carbons (Fsp3) is 0.417. The normalized spacial score (nSPS) is 16.9. The lowest BCUT2D eigenvalue weighted by Gasteiger charge is -2.22. The van der Waals surface area contributed by atoms with Crippen molar-refractivity contribution < 1.29 is 13.5 Å². The van der Waals surface area contributed by atoms with Crippen LogP contribution in [0.4, 0.5) is 8.78 Å². The zero-order valence-electron chi connectivity index (χ0n) is 16.2. The minimum absolute atomic E-state index is 0.237. The summed E-state index contributed by atoms with van der Waals surface area (Å²) >= 11 is 0. The third-order valence-corrected chi connectivity index (χ3v) is 5.26. The summed E-state index contributed by atoms with van der Waals surface area (Å²) in [6.45, 7) is 4.67. The molecular formula is C24H28F2O. The van der Waals surface area contributed by atoms with Crippen LogP contribution in [0.15, 0.2) is 42.5 Å². The van der Waals surface area contributed by atoms with Gasteiger partial charge >= 0.3 is 0 Å². The van der Waals surface area contributed by atoms with E-state index in [1.807, 2.05) is 19.1 Å². The highest BCUT2D eigenvalue weighted by Crippen LogP contribution is 2.35. The molecule has 0 aliphatic heterocycles. The molecule has 2 aromatic rings. The van der Waals surface area contributed by atoms with Crippen molar-refractivity contribution >= 4 is 5.57 Å². The van der Waals surface area contributed by atoms with Gasteiger partial charge in [-0.05, 0) is 66.5 Å². The molecule has 2 aromatic carbocycles. The molecule has 0 saturated carbocycles. The van der Waals surface area contributed by atoms with Crippen molar-refractivity contribution in [2.75, 3.05) is 6.61 Å². The Morgan fingerprint density at radius 1 is 0.963 bits per heavy atom. The Morgan fingerprint density at radius 3 is 2.30 bits per heavy atom. The molecule has 0 bridgehead atoms. The molecule has 0 heterocycles. The first-order valence-electron chi connectivity index (χ1n) is 10.0. The molecule has 0 spiro atoms. The van der Waals surface area contributed by atoms with Crippen LogP contribution in [0.5, 0.6) is 5.75 Å². The van der Waals surface area contributed by atoms with Gasteiger partial charge in [0.05, 0.1) is 6.61 Å². The molecule has 3 rings (SSSR count). The fourth-order valence-electron chi connectivity index (χ4n) is 3.77. The van der Waals surface area contributed by atoms with E-state index >= 15 is 0 Å². The van der Waals surface area contributed by atoms with Gasteiger partial charge in [0.1, 0.15) is 5.82 Å². The Hall–Kier alpha value is -2.16. The Labute approximate surface area is 161 Å². The van der Waals surface area contributed by atoms with Crippen LogP contribution in [0.1, 0.15) is 57.9 Å². The number of halogens is 2. The van der Waals surface area contributed by atoms with E-state index in [0.29, 0.717) is 23.3 Å². The molecule has 0 fully saturated rings. The second kappa shape index (κ2) is 9.16. The Kier molecular flexibility index (Phi) is 6.65. The van der Waals surface area contributed by atoms with Gasteiger partial charge in [0.25, 0.3) is 0 Å². The number of benzene rings is 2. The van der Waals surface area contributed by atoms with Crippen LogP contribution in [0, 0.1) is 17.6 Å². The van der Waals surface area contributed by atoms with Crippen LogP contribution in [0.2, 0.25) is 0 Å². The SMILES string of the molecule is CCCOc1ccc(-c2ccc(C3=CCC(CCC)CC3)c(F)c2)cc1F. The van der Waals surface area contributed by atoms with Crippen LogP contribution >= 0.6 is 0 Å². The van der Waals surface area contributed by atoms with E-state index in [1.165, 1.54) is 25.0 Å². The van der Waals surface area contributed by atoms with Gasteiger partial charge in [0, 0.05) is 5.56 Å². The minimum Gasteiger partial charge on any atom is -0.491 e. The highest BCUT2D eigenvalue weighted by molar-refractivity contribution is 5.71. The van der Waals surface area contributed by atoms with Crippen LogP contribution < -0.4 is 4.74 Å². The topological polar surface area (TPSA) is 9.23 Å². The summed E-state index contributed by atoms with van der Waals surface area (Å²) in [7, 11) is 0. The van der Waals surface area contributed by atoms with Crippen molar-refractivity contribution in [1.29, 1.82) is 0 Å². The number of allylic oxidation sites excluding steroid dienone is 2. The van der Waals surface area contributed by atoms with Crippen molar-refractivity contribution in [1.82, 2.24) is 0 Å². The molecule has 1 atom stereocenters. The zero-order chi connectivity index (χ0) is 19.2. The highest BCUT2D eigenvalue weighted by atomic mass is 19.1. The minimum atomic E-state index is -0.414. The van der Waals surface area contributed by atoms with Gasteiger partial charge in [-0.2, -0.15) is 0 Å². The molecule has 3 heteroatoms. The van der Waals surface area contributed by atoms with Crippen LogP contribution in [0.25, 0.3) is 16.7 Å². The Bertz CT molecular complexity index is 810. The first kappa shape index (κ1) is 19.6. The van der Waals surface area contributed by atoms with Crippen molar-refractivity contribution in [2.45, 2.75) is 52.4 Å². The van der Waals surface area contributed by atoms with Gasteiger partial charge in [-0.1, -0.05) is 51.0 Å². The molecule has 0 radical (unpaired) electrons. The molecule has 1 aliphatic carbocycles. The summed E-state index contributed by atoms with van der Waals surface area (Å²) in [4.78, 5) is 0. The van der Waals surface area contributed by atoms with E-state index in [-0.39, 0.29) is 11.6 Å². The van der Waals surface area contributed by atoms with Gasteiger partial charge in [-0.25, -0.2) is 8.78 Å². The van der Waals surface area contributed by atoms with Crippen LogP contribution in [-0.4, -0.2) is 6.61 Å². The third kappa shape index (κ3) is 4.77. The first-order valence-corrected chi connectivity index (χ1v) is 10.0. The molecule has 1 nitrogen and oxygen atoms in total. The van der Waals surface area contributed by atoms with Gasteiger partial charge in [-0.3, -0.25) is 0 Å². The molecule has 27 heavy (non-hydrogen) atoms. The van der Waals surface area contributed by atoms with E-state index in [0.717, 1.165) is 37.2 Å². The standard InChI is InChI=1S/C24H28F2O/c1-3-5-17-6-8-18(9-7-17)21-12-10-19(15-22(21)25)20-11-13-24(23(26)16-20)27-14-4-2/h8,10-13,15-17H,3-7,9,14H2,1-2H3. The van der Waals surface area contributed by atoms with Gasteiger partial charge < -0.3 is 4.74 Å². The maximum atomic E-state index is 14.8. The van der Waals surface area contributed by atoms with Gasteiger partial charge in [0.15, 0.2) is 11.6 Å². The molecule has 1 aliphatic rings. The lowest BCUT2D eigenvalue weighted by Crippen LogP contribution is -2.06. The largest absolute Gasteiger partial charge is 0.491 e. The average molecular weight is 370 g/mol. The predicted octanol–water partition coefficient (Wildman–Crippen LogP) is 7.40. The maximum Gasteiger partial charge on any atom is 0.165 e. The molecule has 144 valence electrons. The van der Waals surface area contributed by atoms with Crippen molar-refractivity contribution in [3.8, 4) is 16.9 Å². The average Bonchev–Trinajstić information content (AvgIpc) is 2.68. The highest BCUT2D eigenvalue weighted by Gasteiger charge is 2.17. The van der Waals surface area contributed by atoms with Crippen molar-refractivity contribution in [3.63, 3.8) is 0 Å². The molecule has 0 N–H and O–H groups in total. The number of ether oxygens (including phenoxy) is 1. The van der Waals surface area contributed by atoms with Gasteiger partial charge in [-0.15, -0.1) is 0 Å². The van der Waals surface area contributed by atoms with Crippen molar-refractivity contribution in [3.05, 3.63) is 59.7 Å². The lowest BCUT2D eigenvalue weighted by atomic mass is 9.84. The summed E-state index contributed by atoms with van der Waals surface area (Å²) in [5.41, 5.74) is 3.11. The molecule has 1 unspecified atom stereocenters. The van der Waals surface area contributed by atoms with Crippen LogP contribution in [-0.2, 0) is 0 Å². The maximum absolute atomic E-state index is 14.8. The molecule has 0 saturated heterocycles. The summed E-state index contributed by atoms with van der Waals surface area (Å²) in [6, 6.07) is 10.0. The summed E-state index contributed by atoms with van der Waals surface area (Å²) in [5, 5.41) is 0. The Balaban J connectivity index is 1.78. The Morgan fingerprint density at radius 2 is 1.70 bits per heavy atom. The monoisotopic (exact) mass is 370 g/mol. The first-order chi connectivity index (χ1) is 13.1. The van der Waals surface area contributed by atoms with E-state index in [1.54, 1.807) is 12.1 Å². The van der Waals surface area contributed by atoms with Gasteiger partial charge in [0.2, 0.25) is 0 Å². The van der Waals surface area contributed by atoms with Crippen LogP contribution in [0.3, 0.4) is 0 Å². The quantitative estimate of drug-likeness (QED) is 0.493. The number of hydrogen-bond donors (Lipinski definition) is 0. The second-order valence-electron chi connectivity index (χ2n) is 7.35. The summed E-state index contributed by atoms with van der Waals surface area (Å²) in [5.74, 6) is 0.325. The van der Waals surface area contributed by atoms with E-state index < -0.39 is 5.82 Å². The lowest BCUT2D eigenvalue weighted by molar-refractivity contribution is 0.301. The molecule has 0 aromatic heterocycles. The third-order valence-electron chi connectivity index (χ3n) is 5.26. The second-order valence-corrected chi connectivity index (χ2v) is 7.35. The van der Waals surface area contributed by atoms with E-state index in [2.05, 4.69) is 13.0 Å². The fourth-order valence-corrected chi connectivity index (χ4v) is 3.77. The number of rotatable bonds is 7. The molecule has 0 amide bonds. The number of hydrogen-bond acceptors (Lipinski definition) is 1.